The SMILES string of the molecule is CC(C)C(C)C(O)Cc1ccc([N+](=O)[O-])cc1. The highest BCUT2D eigenvalue weighted by atomic mass is 16.6. The maximum absolute atomic E-state index is 10.5. The number of benzene rings is 1. The molecular formula is C13H19NO3. The molecule has 94 valence electrons. The van der Waals surface area contributed by atoms with Crippen LogP contribution >= 0.6 is 0 Å². The maximum atomic E-state index is 10.5. The van der Waals surface area contributed by atoms with Gasteiger partial charge in [-0.05, 0) is 23.8 Å². The summed E-state index contributed by atoms with van der Waals surface area (Å²) in [6, 6.07) is 6.35. The van der Waals surface area contributed by atoms with Crippen molar-refractivity contribution in [1.82, 2.24) is 0 Å². The summed E-state index contributed by atoms with van der Waals surface area (Å²) in [4.78, 5) is 10.1. The van der Waals surface area contributed by atoms with Crippen molar-refractivity contribution in [2.75, 3.05) is 0 Å². The van der Waals surface area contributed by atoms with Crippen LogP contribution in [0, 0.1) is 22.0 Å². The third-order valence-corrected chi connectivity index (χ3v) is 3.25. The Labute approximate surface area is 101 Å². The van der Waals surface area contributed by atoms with Crippen LogP contribution in [0.15, 0.2) is 24.3 Å². The van der Waals surface area contributed by atoms with Crippen molar-refractivity contribution in [1.29, 1.82) is 0 Å². The molecule has 0 aliphatic carbocycles. The van der Waals surface area contributed by atoms with Crippen LogP contribution in [0.25, 0.3) is 0 Å². The monoisotopic (exact) mass is 237 g/mol. The van der Waals surface area contributed by atoms with E-state index < -0.39 is 11.0 Å². The number of hydrogen-bond acceptors (Lipinski definition) is 3. The number of hydrogen-bond donors (Lipinski definition) is 1. The van der Waals surface area contributed by atoms with Crippen molar-refractivity contribution in [2.24, 2.45) is 11.8 Å². The van der Waals surface area contributed by atoms with Gasteiger partial charge in [0.1, 0.15) is 0 Å². The molecule has 1 aromatic carbocycles. The third-order valence-electron chi connectivity index (χ3n) is 3.25. The second kappa shape index (κ2) is 5.77. The van der Waals surface area contributed by atoms with E-state index in [1.807, 2.05) is 6.92 Å². The van der Waals surface area contributed by atoms with Gasteiger partial charge in [-0.25, -0.2) is 0 Å². The third kappa shape index (κ3) is 3.82. The van der Waals surface area contributed by atoms with Crippen molar-refractivity contribution in [3.05, 3.63) is 39.9 Å². The number of rotatable bonds is 5. The molecule has 0 saturated carbocycles. The molecule has 0 spiro atoms. The lowest BCUT2D eigenvalue weighted by molar-refractivity contribution is -0.384. The molecule has 1 rings (SSSR count). The van der Waals surface area contributed by atoms with Gasteiger partial charge in [-0.2, -0.15) is 0 Å². The van der Waals surface area contributed by atoms with E-state index in [1.54, 1.807) is 12.1 Å². The first-order valence-corrected chi connectivity index (χ1v) is 5.83. The molecule has 17 heavy (non-hydrogen) atoms. The van der Waals surface area contributed by atoms with Gasteiger partial charge < -0.3 is 5.11 Å². The van der Waals surface area contributed by atoms with Gasteiger partial charge in [0.2, 0.25) is 0 Å². The molecule has 4 nitrogen and oxygen atoms in total. The smallest absolute Gasteiger partial charge is 0.269 e. The summed E-state index contributed by atoms with van der Waals surface area (Å²) in [7, 11) is 0. The Bertz CT molecular complexity index is 373. The van der Waals surface area contributed by atoms with E-state index >= 15 is 0 Å². The minimum Gasteiger partial charge on any atom is -0.392 e. The van der Waals surface area contributed by atoms with E-state index in [2.05, 4.69) is 13.8 Å². The van der Waals surface area contributed by atoms with Crippen molar-refractivity contribution in [3.8, 4) is 0 Å². The van der Waals surface area contributed by atoms with Gasteiger partial charge in [-0.15, -0.1) is 0 Å². The molecular weight excluding hydrogens is 218 g/mol. The van der Waals surface area contributed by atoms with Gasteiger partial charge in [-0.3, -0.25) is 10.1 Å². The molecule has 2 unspecified atom stereocenters. The lowest BCUT2D eigenvalue weighted by atomic mass is 9.89. The fraction of sp³-hybridized carbons (Fsp3) is 0.538. The van der Waals surface area contributed by atoms with Crippen LogP contribution in [0.1, 0.15) is 26.3 Å². The van der Waals surface area contributed by atoms with E-state index in [1.165, 1.54) is 12.1 Å². The minimum atomic E-state index is -0.420. The van der Waals surface area contributed by atoms with E-state index in [0.717, 1.165) is 5.56 Å². The first-order chi connectivity index (χ1) is 7.91. The summed E-state index contributed by atoms with van der Waals surface area (Å²) in [5, 5.41) is 20.5. The van der Waals surface area contributed by atoms with E-state index in [4.69, 9.17) is 0 Å². The molecule has 0 fully saturated rings. The van der Waals surface area contributed by atoms with Crippen LogP contribution in [0.3, 0.4) is 0 Å². The topological polar surface area (TPSA) is 63.4 Å². The number of aliphatic hydroxyl groups excluding tert-OH is 1. The van der Waals surface area contributed by atoms with E-state index in [0.29, 0.717) is 12.3 Å². The maximum Gasteiger partial charge on any atom is 0.269 e. The molecule has 0 heterocycles. The Morgan fingerprint density at radius 1 is 1.24 bits per heavy atom. The van der Waals surface area contributed by atoms with Gasteiger partial charge in [0, 0.05) is 12.1 Å². The molecule has 1 aromatic rings. The Balaban J connectivity index is 2.66. The summed E-state index contributed by atoms with van der Waals surface area (Å²) in [5.41, 5.74) is 1.01. The summed E-state index contributed by atoms with van der Waals surface area (Å²) < 4.78 is 0. The first kappa shape index (κ1) is 13.6. The van der Waals surface area contributed by atoms with Gasteiger partial charge in [0.25, 0.3) is 5.69 Å². The molecule has 1 N–H and O–H groups in total. The number of nitro benzene ring substituents is 1. The van der Waals surface area contributed by atoms with Crippen molar-refractivity contribution >= 4 is 5.69 Å². The van der Waals surface area contributed by atoms with E-state index in [-0.39, 0.29) is 11.6 Å². The number of nitro groups is 1. The summed E-state index contributed by atoms with van der Waals surface area (Å²) in [6.07, 6.45) is 0.133. The number of aliphatic hydroxyl groups is 1. The molecule has 0 aromatic heterocycles. The van der Waals surface area contributed by atoms with Crippen molar-refractivity contribution in [3.63, 3.8) is 0 Å². The molecule has 2 atom stereocenters. The average molecular weight is 237 g/mol. The standard InChI is InChI=1S/C13H19NO3/c1-9(2)10(3)13(15)8-11-4-6-12(7-5-11)14(16)17/h4-7,9-10,13,15H,8H2,1-3H3. The van der Waals surface area contributed by atoms with Crippen LogP contribution < -0.4 is 0 Å². The largest absolute Gasteiger partial charge is 0.392 e. The lowest BCUT2D eigenvalue weighted by Gasteiger charge is -2.22. The lowest BCUT2D eigenvalue weighted by Crippen LogP contribution is -2.24. The van der Waals surface area contributed by atoms with Gasteiger partial charge >= 0.3 is 0 Å². The quantitative estimate of drug-likeness (QED) is 0.632. The normalized spacial score (nSPS) is 14.6. The van der Waals surface area contributed by atoms with Crippen molar-refractivity contribution < 1.29 is 10.0 Å². The van der Waals surface area contributed by atoms with Crippen molar-refractivity contribution in [2.45, 2.75) is 33.3 Å². The molecule has 0 saturated heterocycles. The van der Waals surface area contributed by atoms with Gasteiger partial charge in [0.05, 0.1) is 11.0 Å². The predicted molar refractivity (Wildman–Crippen MR) is 66.8 cm³/mol. The molecule has 0 aliphatic rings. The van der Waals surface area contributed by atoms with E-state index in [9.17, 15) is 15.2 Å². The molecule has 0 bridgehead atoms. The zero-order valence-electron chi connectivity index (χ0n) is 10.5. The van der Waals surface area contributed by atoms with Gasteiger partial charge in [0.15, 0.2) is 0 Å². The minimum absolute atomic E-state index is 0.0835. The molecule has 0 amide bonds. The zero-order valence-corrected chi connectivity index (χ0v) is 10.5. The highest BCUT2D eigenvalue weighted by Crippen LogP contribution is 2.19. The van der Waals surface area contributed by atoms with Crippen LogP contribution in [-0.4, -0.2) is 16.1 Å². The average Bonchev–Trinajstić information content (AvgIpc) is 2.28. The Hall–Kier alpha value is -1.42. The van der Waals surface area contributed by atoms with Crippen LogP contribution in [0.5, 0.6) is 0 Å². The zero-order chi connectivity index (χ0) is 13.0. The van der Waals surface area contributed by atoms with Crippen LogP contribution in [0.2, 0.25) is 0 Å². The molecule has 0 radical (unpaired) electrons. The van der Waals surface area contributed by atoms with Crippen LogP contribution in [0.4, 0.5) is 5.69 Å². The second-order valence-corrected chi connectivity index (χ2v) is 4.80. The Morgan fingerprint density at radius 2 is 1.76 bits per heavy atom. The molecule has 4 heteroatoms. The summed E-state index contributed by atoms with van der Waals surface area (Å²) >= 11 is 0. The Morgan fingerprint density at radius 3 is 2.18 bits per heavy atom. The van der Waals surface area contributed by atoms with Gasteiger partial charge in [-0.1, -0.05) is 32.9 Å². The summed E-state index contributed by atoms with van der Waals surface area (Å²) in [5.74, 6) is 0.633. The fourth-order valence-corrected chi connectivity index (χ4v) is 1.63. The Kier molecular flexibility index (Phi) is 4.63. The number of non-ortho nitro benzene ring substituents is 1. The highest BCUT2D eigenvalue weighted by molar-refractivity contribution is 5.33. The molecule has 0 aliphatic heterocycles. The second-order valence-electron chi connectivity index (χ2n) is 4.80. The van der Waals surface area contributed by atoms with Crippen LogP contribution in [-0.2, 0) is 6.42 Å². The fourth-order valence-electron chi connectivity index (χ4n) is 1.63. The predicted octanol–water partition coefficient (Wildman–Crippen LogP) is 2.79. The summed E-state index contributed by atoms with van der Waals surface area (Å²) in [6.45, 7) is 6.16. The highest BCUT2D eigenvalue weighted by Gasteiger charge is 2.18. The first-order valence-electron chi connectivity index (χ1n) is 5.83. The number of nitrogens with zero attached hydrogens (tertiary/aromatic N) is 1.